The number of amides is 2. The number of rotatable bonds is 6. The summed E-state index contributed by atoms with van der Waals surface area (Å²) in [5.41, 5.74) is 3.12. The van der Waals surface area contributed by atoms with Gasteiger partial charge in [0.25, 0.3) is 5.91 Å². The SMILES string of the molecule is O=CNCCCNC(=O)c1cccc2c1CNCC2. The van der Waals surface area contributed by atoms with Crippen molar-refractivity contribution < 1.29 is 9.59 Å². The molecular weight excluding hydrogens is 242 g/mol. The summed E-state index contributed by atoms with van der Waals surface area (Å²) in [5, 5.41) is 8.75. The van der Waals surface area contributed by atoms with Crippen LogP contribution in [0, 0.1) is 0 Å². The highest BCUT2D eigenvalue weighted by Crippen LogP contribution is 2.18. The second-order valence-corrected chi connectivity index (χ2v) is 4.55. The number of benzene rings is 1. The molecule has 1 aromatic carbocycles. The fraction of sp³-hybridized carbons (Fsp3) is 0.429. The average Bonchev–Trinajstić information content (AvgIpc) is 2.46. The molecule has 5 heteroatoms. The van der Waals surface area contributed by atoms with Crippen molar-refractivity contribution in [2.45, 2.75) is 19.4 Å². The quantitative estimate of drug-likeness (QED) is 0.506. The number of carbonyl (C=O) groups excluding carboxylic acids is 2. The lowest BCUT2D eigenvalue weighted by molar-refractivity contribution is -0.109. The number of hydrogen-bond donors (Lipinski definition) is 3. The van der Waals surface area contributed by atoms with Gasteiger partial charge < -0.3 is 16.0 Å². The smallest absolute Gasteiger partial charge is 0.251 e. The van der Waals surface area contributed by atoms with Crippen LogP contribution in [0.25, 0.3) is 0 Å². The molecule has 0 saturated carbocycles. The van der Waals surface area contributed by atoms with Crippen molar-refractivity contribution in [3.63, 3.8) is 0 Å². The first kappa shape index (κ1) is 13.5. The minimum absolute atomic E-state index is 0.0355. The summed E-state index contributed by atoms with van der Waals surface area (Å²) in [4.78, 5) is 22.2. The van der Waals surface area contributed by atoms with E-state index in [-0.39, 0.29) is 5.91 Å². The molecular formula is C14H19N3O2. The van der Waals surface area contributed by atoms with Gasteiger partial charge in [-0.25, -0.2) is 0 Å². The van der Waals surface area contributed by atoms with Crippen LogP contribution in [0.2, 0.25) is 0 Å². The minimum atomic E-state index is -0.0355. The van der Waals surface area contributed by atoms with E-state index in [1.54, 1.807) is 0 Å². The van der Waals surface area contributed by atoms with Gasteiger partial charge in [-0.2, -0.15) is 0 Å². The molecule has 5 nitrogen and oxygen atoms in total. The van der Waals surface area contributed by atoms with E-state index in [4.69, 9.17) is 0 Å². The van der Waals surface area contributed by atoms with Crippen LogP contribution < -0.4 is 16.0 Å². The van der Waals surface area contributed by atoms with Gasteiger partial charge in [-0.15, -0.1) is 0 Å². The van der Waals surface area contributed by atoms with Gasteiger partial charge in [0.15, 0.2) is 0 Å². The second-order valence-electron chi connectivity index (χ2n) is 4.55. The molecule has 0 bridgehead atoms. The van der Waals surface area contributed by atoms with Crippen molar-refractivity contribution in [3.05, 3.63) is 34.9 Å². The highest BCUT2D eigenvalue weighted by Gasteiger charge is 2.16. The molecule has 19 heavy (non-hydrogen) atoms. The average molecular weight is 261 g/mol. The monoisotopic (exact) mass is 261 g/mol. The van der Waals surface area contributed by atoms with Gasteiger partial charge in [0, 0.05) is 25.2 Å². The van der Waals surface area contributed by atoms with Gasteiger partial charge in [-0.3, -0.25) is 9.59 Å². The van der Waals surface area contributed by atoms with Crippen LogP contribution in [0.1, 0.15) is 27.9 Å². The first-order chi connectivity index (χ1) is 9.33. The Morgan fingerprint density at radius 3 is 3.11 bits per heavy atom. The Bertz CT molecular complexity index is 460. The summed E-state index contributed by atoms with van der Waals surface area (Å²) in [7, 11) is 0. The van der Waals surface area contributed by atoms with Crippen molar-refractivity contribution in [3.8, 4) is 0 Å². The van der Waals surface area contributed by atoms with Crippen LogP contribution in [-0.4, -0.2) is 32.0 Å². The molecule has 3 N–H and O–H groups in total. The van der Waals surface area contributed by atoms with Crippen LogP contribution >= 0.6 is 0 Å². The van der Waals surface area contributed by atoms with Gasteiger partial charge in [0.05, 0.1) is 0 Å². The molecule has 1 heterocycles. The third kappa shape index (κ3) is 3.54. The normalized spacial score (nSPS) is 13.5. The number of hydrogen-bond acceptors (Lipinski definition) is 3. The van der Waals surface area contributed by atoms with Crippen molar-refractivity contribution in [2.24, 2.45) is 0 Å². The summed E-state index contributed by atoms with van der Waals surface area (Å²) in [6, 6.07) is 5.89. The molecule has 0 aliphatic carbocycles. The van der Waals surface area contributed by atoms with Crippen LogP contribution in [0.5, 0.6) is 0 Å². The van der Waals surface area contributed by atoms with Crippen LogP contribution in [-0.2, 0) is 17.8 Å². The molecule has 102 valence electrons. The molecule has 0 unspecified atom stereocenters. The van der Waals surface area contributed by atoms with Crippen molar-refractivity contribution >= 4 is 12.3 Å². The van der Waals surface area contributed by atoms with Crippen LogP contribution in [0.15, 0.2) is 18.2 Å². The summed E-state index contributed by atoms with van der Waals surface area (Å²) in [6.07, 6.45) is 2.37. The van der Waals surface area contributed by atoms with Gasteiger partial charge in [-0.1, -0.05) is 12.1 Å². The highest BCUT2D eigenvalue weighted by molar-refractivity contribution is 5.96. The Kier molecular flexibility index (Phi) is 4.92. The molecule has 1 aromatic rings. The molecule has 0 radical (unpaired) electrons. The Balaban J connectivity index is 1.93. The Hall–Kier alpha value is -1.88. The molecule has 0 aromatic heterocycles. The predicted molar refractivity (Wildman–Crippen MR) is 72.9 cm³/mol. The van der Waals surface area contributed by atoms with E-state index in [0.717, 1.165) is 37.1 Å². The van der Waals surface area contributed by atoms with E-state index in [2.05, 4.69) is 22.0 Å². The van der Waals surface area contributed by atoms with E-state index < -0.39 is 0 Å². The van der Waals surface area contributed by atoms with Gasteiger partial charge in [0.2, 0.25) is 6.41 Å². The van der Waals surface area contributed by atoms with Crippen molar-refractivity contribution in [2.75, 3.05) is 19.6 Å². The molecule has 0 spiro atoms. The second kappa shape index (κ2) is 6.89. The van der Waals surface area contributed by atoms with Crippen LogP contribution in [0.3, 0.4) is 0 Å². The number of nitrogens with one attached hydrogen (secondary N) is 3. The third-order valence-corrected chi connectivity index (χ3v) is 3.26. The molecule has 0 atom stereocenters. The lowest BCUT2D eigenvalue weighted by atomic mass is 9.95. The molecule has 0 saturated heterocycles. The van der Waals surface area contributed by atoms with E-state index >= 15 is 0 Å². The molecule has 2 rings (SSSR count). The van der Waals surface area contributed by atoms with E-state index in [1.807, 2.05) is 12.1 Å². The fourth-order valence-corrected chi connectivity index (χ4v) is 2.27. The largest absolute Gasteiger partial charge is 0.359 e. The lowest BCUT2D eigenvalue weighted by Gasteiger charge is -2.20. The summed E-state index contributed by atoms with van der Waals surface area (Å²) < 4.78 is 0. The summed E-state index contributed by atoms with van der Waals surface area (Å²) in [6.45, 7) is 2.87. The minimum Gasteiger partial charge on any atom is -0.359 e. The van der Waals surface area contributed by atoms with Crippen molar-refractivity contribution in [1.82, 2.24) is 16.0 Å². The van der Waals surface area contributed by atoms with Gasteiger partial charge in [0.1, 0.15) is 0 Å². The van der Waals surface area contributed by atoms with E-state index in [9.17, 15) is 9.59 Å². The molecule has 2 amide bonds. The maximum absolute atomic E-state index is 12.1. The standard InChI is InChI=1S/C14H19N3O2/c18-10-16-6-2-7-17-14(19)12-4-1-3-11-5-8-15-9-13(11)12/h1,3-4,10,15H,2,5-9H2,(H,16,18)(H,17,19). The Morgan fingerprint density at radius 1 is 1.37 bits per heavy atom. The highest BCUT2D eigenvalue weighted by atomic mass is 16.1. The summed E-state index contributed by atoms with van der Waals surface area (Å²) >= 11 is 0. The van der Waals surface area contributed by atoms with Gasteiger partial charge >= 0.3 is 0 Å². The number of carbonyl (C=O) groups is 2. The zero-order valence-corrected chi connectivity index (χ0v) is 10.9. The topological polar surface area (TPSA) is 70.2 Å². The molecule has 1 aliphatic rings. The van der Waals surface area contributed by atoms with E-state index in [1.165, 1.54) is 5.56 Å². The van der Waals surface area contributed by atoms with Crippen LogP contribution in [0.4, 0.5) is 0 Å². The maximum Gasteiger partial charge on any atom is 0.251 e. The number of fused-ring (bicyclic) bond motifs is 1. The zero-order valence-electron chi connectivity index (χ0n) is 10.9. The van der Waals surface area contributed by atoms with E-state index in [0.29, 0.717) is 19.5 Å². The summed E-state index contributed by atoms with van der Waals surface area (Å²) in [5.74, 6) is -0.0355. The predicted octanol–water partition coefficient (Wildman–Crippen LogP) is 0.198. The first-order valence-electron chi connectivity index (χ1n) is 6.59. The maximum atomic E-state index is 12.1. The first-order valence-corrected chi connectivity index (χ1v) is 6.59. The third-order valence-electron chi connectivity index (χ3n) is 3.26. The van der Waals surface area contributed by atoms with Crippen molar-refractivity contribution in [1.29, 1.82) is 0 Å². The molecule has 1 aliphatic heterocycles. The zero-order chi connectivity index (χ0) is 13.5. The fourth-order valence-electron chi connectivity index (χ4n) is 2.27. The molecule has 0 fully saturated rings. The lowest BCUT2D eigenvalue weighted by Crippen LogP contribution is -2.31. The Labute approximate surface area is 112 Å². The van der Waals surface area contributed by atoms with Gasteiger partial charge in [-0.05, 0) is 36.6 Å². The Morgan fingerprint density at radius 2 is 2.26 bits per heavy atom.